The zero-order chi connectivity index (χ0) is 16.4. The molecule has 0 aliphatic carbocycles. The van der Waals surface area contributed by atoms with Crippen LogP contribution in [-0.4, -0.2) is 28.2 Å². The Balaban J connectivity index is 1.98. The summed E-state index contributed by atoms with van der Waals surface area (Å²) in [5.74, 6) is -0.289. The maximum absolute atomic E-state index is 12.4. The molecule has 1 aromatic carbocycles. The Hall–Kier alpha value is -1.64. The van der Waals surface area contributed by atoms with E-state index in [1.165, 1.54) is 0 Å². The molecule has 1 aliphatic heterocycles. The van der Waals surface area contributed by atoms with E-state index in [9.17, 15) is 14.0 Å². The van der Waals surface area contributed by atoms with Crippen LogP contribution < -0.4 is 4.74 Å². The monoisotopic (exact) mass is 431 g/mol. The van der Waals surface area contributed by atoms with E-state index in [0.717, 1.165) is 14.1 Å². The van der Waals surface area contributed by atoms with Gasteiger partial charge in [-0.15, -0.1) is 0 Å². The first kappa shape index (κ1) is 16.2. The average Bonchev–Trinajstić information content (AvgIpc) is 2.98. The molecule has 1 aliphatic rings. The van der Waals surface area contributed by atoms with Crippen molar-refractivity contribution in [2.24, 2.45) is 0 Å². The first-order valence-electron chi connectivity index (χ1n) is 7.35. The number of hydrogen-bond acceptors (Lipinski definition) is 4. The Morgan fingerprint density at radius 3 is 3.00 bits per heavy atom. The topological polar surface area (TPSA) is 59.8 Å². The Labute approximate surface area is 146 Å². The zero-order valence-electron chi connectivity index (χ0n) is 12.3. The predicted molar refractivity (Wildman–Crippen MR) is 90.1 cm³/mol. The quantitative estimate of drug-likeness (QED) is 0.313. The number of imide groups is 1. The van der Waals surface area contributed by atoms with Gasteiger partial charge in [-0.3, -0.25) is 14.0 Å². The second kappa shape index (κ2) is 6.86. The van der Waals surface area contributed by atoms with E-state index in [0.29, 0.717) is 30.6 Å². The van der Waals surface area contributed by atoms with E-state index in [1.807, 2.05) is 0 Å². The first-order chi connectivity index (χ1) is 11.1. The Morgan fingerprint density at radius 1 is 1.39 bits per heavy atom. The van der Waals surface area contributed by atoms with Crippen molar-refractivity contribution in [3.63, 3.8) is 0 Å². The lowest BCUT2D eigenvalue weighted by Gasteiger charge is -2.25. The highest BCUT2D eigenvalue weighted by atomic mass is 127. The SMILES string of the molecule is O=C1CCC(c2coc3cccc(OCCCF)c23)C(=O)N1I. The number of benzene rings is 1. The van der Waals surface area contributed by atoms with Gasteiger partial charge in [0.2, 0.25) is 11.8 Å². The second-order valence-corrected chi connectivity index (χ2v) is 6.28. The van der Waals surface area contributed by atoms with Crippen molar-refractivity contribution in [2.75, 3.05) is 13.3 Å². The number of halogens is 2. The first-order valence-corrected chi connectivity index (χ1v) is 8.31. The molecule has 2 amide bonds. The van der Waals surface area contributed by atoms with Crippen molar-refractivity contribution in [3.8, 4) is 5.75 Å². The molecular formula is C16H15FINO4. The number of hydrogen-bond donors (Lipinski definition) is 0. The van der Waals surface area contributed by atoms with Gasteiger partial charge in [-0.2, -0.15) is 0 Å². The summed E-state index contributed by atoms with van der Waals surface area (Å²) >= 11 is 1.74. The summed E-state index contributed by atoms with van der Waals surface area (Å²) in [5.41, 5.74) is 1.33. The number of rotatable bonds is 5. The highest BCUT2D eigenvalue weighted by molar-refractivity contribution is 14.1. The molecule has 1 aromatic heterocycles. The maximum Gasteiger partial charge on any atom is 0.245 e. The van der Waals surface area contributed by atoms with Crippen molar-refractivity contribution in [2.45, 2.75) is 25.2 Å². The molecule has 0 bridgehead atoms. The van der Waals surface area contributed by atoms with Crippen LogP contribution in [0.5, 0.6) is 5.75 Å². The number of carbonyl (C=O) groups excluding carboxylic acids is 2. The number of furan rings is 1. The summed E-state index contributed by atoms with van der Waals surface area (Å²) < 4.78 is 24.6. The molecule has 1 fully saturated rings. The molecule has 2 heterocycles. The number of piperidine rings is 1. The predicted octanol–water partition coefficient (Wildman–Crippen LogP) is 3.75. The third kappa shape index (κ3) is 3.06. The van der Waals surface area contributed by atoms with Crippen LogP contribution in [0.1, 0.15) is 30.7 Å². The largest absolute Gasteiger partial charge is 0.493 e. The summed E-state index contributed by atoms with van der Waals surface area (Å²) in [6.45, 7) is -0.184. The minimum absolute atomic E-state index is 0.181. The van der Waals surface area contributed by atoms with Crippen LogP contribution in [0, 0.1) is 0 Å². The van der Waals surface area contributed by atoms with Crippen LogP contribution in [0.25, 0.3) is 11.0 Å². The number of amides is 2. The van der Waals surface area contributed by atoms with E-state index < -0.39 is 12.6 Å². The minimum Gasteiger partial charge on any atom is -0.493 e. The Bertz CT molecular complexity index is 745. The Kier molecular flexibility index (Phi) is 4.84. The van der Waals surface area contributed by atoms with Crippen LogP contribution >= 0.6 is 22.9 Å². The molecule has 7 heteroatoms. The van der Waals surface area contributed by atoms with Crippen LogP contribution in [0.4, 0.5) is 4.39 Å². The van der Waals surface area contributed by atoms with Gasteiger partial charge in [0, 0.05) is 18.4 Å². The molecular weight excluding hydrogens is 416 g/mol. The average molecular weight is 431 g/mol. The molecule has 0 spiro atoms. The number of alkyl halides is 1. The highest BCUT2D eigenvalue weighted by Crippen LogP contribution is 2.39. The summed E-state index contributed by atoms with van der Waals surface area (Å²) in [6, 6.07) is 5.36. The van der Waals surface area contributed by atoms with Crippen molar-refractivity contribution in [1.29, 1.82) is 0 Å². The molecule has 0 radical (unpaired) electrons. The van der Waals surface area contributed by atoms with Gasteiger partial charge in [0.05, 0.1) is 53.7 Å². The fourth-order valence-corrected chi connectivity index (χ4v) is 3.31. The van der Waals surface area contributed by atoms with Crippen molar-refractivity contribution in [3.05, 3.63) is 30.0 Å². The lowest BCUT2D eigenvalue weighted by atomic mass is 9.90. The molecule has 0 N–H and O–H groups in total. The van der Waals surface area contributed by atoms with Gasteiger partial charge < -0.3 is 9.15 Å². The summed E-state index contributed by atoms with van der Waals surface area (Å²) in [5, 5.41) is 0.726. The molecule has 0 saturated carbocycles. The maximum atomic E-state index is 12.4. The van der Waals surface area contributed by atoms with Crippen molar-refractivity contribution >= 4 is 45.6 Å². The third-order valence-corrected chi connectivity index (χ3v) is 4.87. The molecule has 1 unspecified atom stereocenters. The molecule has 1 atom stereocenters. The second-order valence-electron chi connectivity index (χ2n) is 5.32. The van der Waals surface area contributed by atoms with Gasteiger partial charge in [-0.05, 0) is 18.6 Å². The lowest BCUT2D eigenvalue weighted by molar-refractivity contribution is -0.140. The van der Waals surface area contributed by atoms with Crippen molar-refractivity contribution in [1.82, 2.24) is 3.11 Å². The zero-order valence-corrected chi connectivity index (χ0v) is 14.4. The summed E-state index contributed by atoms with van der Waals surface area (Å²) in [7, 11) is 0. The van der Waals surface area contributed by atoms with Crippen molar-refractivity contribution < 1.29 is 23.1 Å². The smallest absolute Gasteiger partial charge is 0.245 e. The van der Waals surface area contributed by atoms with Crippen LogP contribution in [0.2, 0.25) is 0 Å². The molecule has 23 heavy (non-hydrogen) atoms. The van der Waals surface area contributed by atoms with E-state index in [1.54, 1.807) is 47.3 Å². The van der Waals surface area contributed by atoms with Gasteiger partial charge in [-0.1, -0.05) is 6.07 Å². The number of carbonyl (C=O) groups is 2. The molecule has 5 nitrogen and oxygen atoms in total. The fourth-order valence-electron chi connectivity index (χ4n) is 2.73. The van der Waals surface area contributed by atoms with E-state index in [-0.39, 0.29) is 18.4 Å². The Morgan fingerprint density at radius 2 is 2.22 bits per heavy atom. The van der Waals surface area contributed by atoms with Crippen LogP contribution in [0.15, 0.2) is 28.9 Å². The van der Waals surface area contributed by atoms with Crippen LogP contribution in [-0.2, 0) is 9.59 Å². The summed E-state index contributed by atoms with van der Waals surface area (Å²) in [4.78, 5) is 24.1. The fraction of sp³-hybridized carbons (Fsp3) is 0.375. The number of nitrogens with zero attached hydrogens (tertiary/aromatic N) is 1. The van der Waals surface area contributed by atoms with Crippen LogP contribution in [0.3, 0.4) is 0 Å². The number of ether oxygens (including phenoxy) is 1. The standard InChI is InChI=1S/C16H15FINO4/c17-7-2-8-22-12-3-1-4-13-15(12)11(9-23-13)10-5-6-14(20)19(18)16(10)21/h1,3-4,9-10H,2,5-8H2. The lowest BCUT2D eigenvalue weighted by Crippen LogP contribution is -2.37. The molecule has 2 aromatic rings. The van der Waals surface area contributed by atoms with Gasteiger partial charge in [0.1, 0.15) is 11.3 Å². The number of fused-ring (bicyclic) bond motifs is 1. The normalized spacial score (nSPS) is 18.7. The highest BCUT2D eigenvalue weighted by Gasteiger charge is 2.36. The van der Waals surface area contributed by atoms with Gasteiger partial charge in [-0.25, -0.2) is 3.11 Å². The molecule has 3 rings (SSSR count). The summed E-state index contributed by atoms with van der Waals surface area (Å²) in [6.07, 6.45) is 2.62. The van der Waals surface area contributed by atoms with E-state index in [2.05, 4.69) is 0 Å². The van der Waals surface area contributed by atoms with E-state index in [4.69, 9.17) is 9.15 Å². The molecule has 1 saturated heterocycles. The molecule has 122 valence electrons. The van der Waals surface area contributed by atoms with E-state index >= 15 is 0 Å². The van der Waals surface area contributed by atoms with Gasteiger partial charge >= 0.3 is 0 Å². The van der Waals surface area contributed by atoms with Gasteiger partial charge in [0.25, 0.3) is 0 Å². The minimum atomic E-state index is -0.443. The van der Waals surface area contributed by atoms with Gasteiger partial charge in [0.15, 0.2) is 0 Å². The third-order valence-electron chi connectivity index (χ3n) is 3.86.